The topological polar surface area (TPSA) is 108 Å². The summed E-state index contributed by atoms with van der Waals surface area (Å²) < 4.78 is 29.8. The Morgan fingerprint density at radius 3 is 2.44 bits per heavy atom. The molecule has 4 amide bonds. The van der Waals surface area contributed by atoms with E-state index < -0.39 is 18.2 Å². The number of amides is 4. The minimum Gasteiger partial charge on any atom is -0.449 e. The van der Waals surface area contributed by atoms with Gasteiger partial charge in [-0.25, -0.2) is 4.79 Å². The predicted molar refractivity (Wildman–Crippen MR) is 107 cm³/mol. The Morgan fingerprint density at radius 2 is 1.75 bits per heavy atom. The summed E-state index contributed by atoms with van der Waals surface area (Å²) in [6.07, 6.45) is 0.617. The predicted octanol–water partition coefficient (Wildman–Crippen LogP) is 1.82. The van der Waals surface area contributed by atoms with Crippen molar-refractivity contribution in [2.24, 2.45) is 0 Å². The number of halogens is 2. The van der Waals surface area contributed by atoms with Gasteiger partial charge in [-0.05, 0) is 37.0 Å². The van der Waals surface area contributed by atoms with Gasteiger partial charge in [0.2, 0.25) is 0 Å². The lowest BCUT2D eigenvalue weighted by Crippen LogP contribution is -2.56. The molecule has 11 heteroatoms. The SMILES string of the molecule is O=C(NNC(=O)C(F)F)c1ccc2c(c1)C(=O)N([C@@H]1CCCC[C@H]1N1CCCOC1=O)C2. The molecule has 2 N–H and O–H groups in total. The zero-order chi connectivity index (χ0) is 22.8. The zero-order valence-electron chi connectivity index (χ0n) is 17.3. The average molecular weight is 450 g/mol. The fourth-order valence-corrected chi connectivity index (χ4v) is 4.67. The van der Waals surface area contributed by atoms with Crippen LogP contribution in [-0.2, 0) is 16.1 Å². The van der Waals surface area contributed by atoms with Crippen molar-refractivity contribution in [2.75, 3.05) is 13.2 Å². The van der Waals surface area contributed by atoms with Gasteiger partial charge in [0.1, 0.15) is 0 Å². The number of alkyl halides is 2. The first-order valence-electron chi connectivity index (χ1n) is 10.6. The lowest BCUT2D eigenvalue weighted by molar-refractivity contribution is -0.132. The minimum absolute atomic E-state index is 0.0633. The van der Waals surface area contributed by atoms with Crippen molar-refractivity contribution in [3.63, 3.8) is 0 Å². The highest BCUT2D eigenvalue weighted by atomic mass is 19.3. The van der Waals surface area contributed by atoms with E-state index in [2.05, 4.69) is 0 Å². The number of nitrogens with one attached hydrogen (secondary N) is 2. The second kappa shape index (κ2) is 9.09. The highest BCUT2D eigenvalue weighted by molar-refractivity contribution is 6.02. The Bertz CT molecular complexity index is 941. The molecule has 0 radical (unpaired) electrons. The van der Waals surface area contributed by atoms with Crippen molar-refractivity contribution in [3.05, 3.63) is 34.9 Å². The number of nitrogens with zero attached hydrogens (tertiary/aromatic N) is 2. The Kier molecular flexibility index (Phi) is 6.24. The van der Waals surface area contributed by atoms with Crippen molar-refractivity contribution in [1.82, 2.24) is 20.7 Å². The van der Waals surface area contributed by atoms with Crippen LogP contribution in [0.5, 0.6) is 0 Å². The molecule has 0 unspecified atom stereocenters. The molecule has 172 valence electrons. The summed E-state index contributed by atoms with van der Waals surface area (Å²) in [6, 6.07) is 4.23. The van der Waals surface area contributed by atoms with Crippen LogP contribution in [0.25, 0.3) is 0 Å². The van der Waals surface area contributed by atoms with Crippen LogP contribution in [0.4, 0.5) is 13.6 Å². The summed E-state index contributed by atoms with van der Waals surface area (Å²) in [7, 11) is 0. The van der Waals surface area contributed by atoms with E-state index in [1.165, 1.54) is 12.1 Å². The van der Waals surface area contributed by atoms with Crippen LogP contribution in [0, 0.1) is 0 Å². The molecular weight excluding hydrogens is 426 g/mol. The van der Waals surface area contributed by atoms with Crippen LogP contribution >= 0.6 is 0 Å². The number of hydrogen-bond acceptors (Lipinski definition) is 5. The average Bonchev–Trinajstić information content (AvgIpc) is 3.13. The van der Waals surface area contributed by atoms with E-state index in [1.807, 2.05) is 5.43 Å². The van der Waals surface area contributed by atoms with E-state index in [0.717, 1.165) is 37.7 Å². The van der Waals surface area contributed by atoms with Crippen LogP contribution in [0.1, 0.15) is 58.4 Å². The summed E-state index contributed by atoms with van der Waals surface area (Å²) in [5, 5.41) is 0. The number of fused-ring (bicyclic) bond motifs is 1. The van der Waals surface area contributed by atoms with Crippen LogP contribution in [0.15, 0.2) is 18.2 Å². The molecule has 1 aromatic rings. The smallest absolute Gasteiger partial charge is 0.410 e. The van der Waals surface area contributed by atoms with E-state index in [1.54, 1.807) is 21.3 Å². The van der Waals surface area contributed by atoms with Crippen LogP contribution < -0.4 is 10.9 Å². The molecular formula is C21H24F2N4O5. The van der Waals surface area contributed by atoms with Gasteiger partial charge < -0.3 is 14.5 Å². The Morgan fingerprint density at radius 1 is 1.03 bits per heavy atom. The fraction of sp³-hybridized carbons (Fsp3) is 0.524. The molecule has 4 rings (SSSR count). The van der Waals surface area contributed by atoms with Gasteiger partial charge in [0.15, 0.2) is 0 Å². The zero-order valence-corrected chi connectivity index (χ0v) is 17.3. The third-order valence-corrected chi connectivity index (χ3v) is 6.20. The van der Waals surface area contributed by atoms with E-state index in [0.29, 0.717) is 25.3 Å². The van der Waals surface area contributed by atoms with E-state index in [-0.39, 0.29) is 29.6 Å². The van der Waals surface area contributed by atoms with Gasteiger partial charge in [-0.1, -0.05) is 18.9 Å². The maximum absolute atomic E-state index is 13.2. The third-order valence-electron chi connectivity index (χ3n) is 6.20. The van der Waals surface area contributed by atoms with Gasteiger partial charge in [0.05, 0.1) is 18.7 Å². The number of carbonyl (C=O) groups excluding carboxylic acids is 4. The molecule has 0 aromatic heterocycles. The molecule has 2 aliphatic heterocycles. The standard InChI is InChI=1S/C21H24F2N4O5/c22-17(23)19(29)25-24-18(28)12-6-7-13-11-27(20(30)14(13)10-12)16-5-2-1-4-15(16)26-8-3-9-32-21(26)31/h6-7,10,15-17H,1-5,8-9,11H2,(H,24,28)(H,25,29)/t15-,16-/m1/s1. The number of ether oxygens (including phenoxy) is 1. The molecule has 2 atom stereocenters. The largest absolute Gasteiger partial charge is 0.449 e. The first-order chi connectivity index (χ1) is 15.4. The van der Waals surface area contributed by atoms with Gasteiger partial charge in [0.25, 0.3) is 11.8 Å². The molecule has 3 aliphatic rings. The van der Waals surface area contributed by atoms with E-state index in [4.69, 9.17) is 4.74 Å². The molecule has 2 fully saturated rings. The lowest BCUT2D eigenvalue weighted by Gasteiger charge is -2.44. The Labute approximate surface area is 183 Å². The van der Waals surface area contributed by atoms with Gasteiger partial charge in [-0.15, -0.1) is 0 Å². The van der Waals surface area contributed by atoms with Gasteiger partial charge in [-0.2, -0.15) is 8.78 Å². The fourth-order valence-electron chi connectivity index (χ4n) is 4.67. The normalized spacial score (nSPS) is 23.1. The second-order valence-corrected chi connectivity index (χ2v) is 8.13. The maximum Gasteiger partial charge on any atom is 0.410 e. The van der Waals surface area contributed by atoms with Crippen molar-refractivity contribution in [1.29, 1.82) is 0 Å². The molecule has 0 spiro atoms. The molecule has 1 aliphatic carbocycles. The minimum atomic E-state index is -3.26. The Hall–Kier alpha value is -3.24. The molecule has 1 aromatic carbocycles. The van der Waals surface area contributed by atoms with Gasteiger partial charge in [0, 0.05) is 24.2 Å². The molecule has 32 heavy (non-hydrogen) atoms. The van der Waals surface area contributed by atoms with E-state index >= 15 is 0 Å². The number of rotatable bonds is 4. The molecule has 1 saturated carbocycles. The monoisotopic (exact) mass is 450 g/mol. The van der Waals surface area contributed by atoms with Crippen molar-refractivity contribution in [3.8, 4) is 0 Å². The van der Waals surface area contributed by atoms with Crippen LogP contribution in [-0.4, -0.2) is 65.3 Å². The number of hydrogen-bond donors (Lipinski definition) is 2. The summed E-state index contributed by atoms with van der Waals surface area (Å²) in [5.41, 5.74) is 4.70. The number of carbonyl (C=O) groups is 4. The highest BCUT2D eigenvalue weighted by Gasteiger charge is 2.42. The highest BCUT2D eigenvalue weighted by Crippen LogP contribution is 2.34. The molecule has 9 nitrogen and oxygen atoms in total. The van der Waals surface area contributed by atoms with Crippen LogP contribution in [0.3, 0.4) is 0 Å². The second-order valence-electron chi connectivity index (χ2n) is 8.13. The summed E-state index contributed by atoms with van der Waals surface area (Å²) in [4.78, 5) is 52.2. The van der Waals surface area contributed by atoms with Gasteiger partial charge >= 0.3 is 18.4 Å². The maximum atomic E-state index is 13.2. The first kappa shape index (κ1) is 22.0. The van der Waals surface area contributed by atoms with Crippen molar-refractivity contribution >= 4 is 23.8 Å². The summed E-state index contributed by atoms with van der Waals surface area (Å²) in [5.74, 6) is -2.67. The van der Waals surface area contributed by atoms with E-state index in [9.17, 15) is 28.0 Å². The number of cyclic esters (lactones) is 1. The lowest BCUT2D eigenvalue weighted by atomic mass is 9.88. The molecule has 1 saturated heterocycles. The van der Waals surface area contributed by atoms with Crippen LogP contribution in [0.2, 0.25) is 0 Å². The number of benzene rings is 1. The molecule has 2 heterocycles. The summed E-state index contributed by atoms with van der Waals surface area (Å²) >= 11 is 0. The van der Waals surface area contributed by atoms with Crippen molar-refractivity contribution in [2.45, 2.75) is 57.2 Å². The third kappa shape index (κ3) is 4.23. The van der Waals surface area contributed by atoms with Crippen molar-refractivity contribution < 1.29 is 32.7 Å². The van der Waals surface area contributed by atoms with Gasteiger partial charge in [-0.3, -0.25) is 25.2 Å². The quantitative estimate of drug-likeness (QED) is 0.681. The molecule has 0 bridgehead atoms. The summed E-state index contributed by atoms with van der Waals surface area (Å²) in [6.45, 7) is 1.37. The number of hydrazine groups is 1. The first-order valence-corrected chi connectivity index (χ1v) is 10.6. The Balaban J connectivity index is 1.49.